The lowest BCUT2D eigenvalue weighted by Crippen LogP contribution is -2.47. The fourth-order valence-corrected chi connectivity index (χ4v) is 6.04. The van der Waals surface area contributed by atoms with Crippen LogP contribution in [-0.4, -0.2) is 16.9 Å². The summed E-state index contributed by atoms with van der Waals surface area (Å²) in [4.78, 5) is 12.3. The van der Waals surface area contributed by atoms with Crippen LogP contribution >= 0.6 is 11.6 Å². The second-order valence-electron chi connectivity index (χ2n) is 9.61. The normalized spacial score (nSPS) is 38.1. The van der Waals surface area contributed by atoms with Gasteiger partial charge in [0, 0.05) is 11.8 Å². The second-order valence-corrected chi connectivity index (χ2v) is 10.3. The van der Waals surface area contributed by atoms with Gasteiger partial charge in [-0.25, -0.2) is 0 Å². The topological polar surface area (TPSA) is 26.3 Å². The highest BCUT2D eigenvalue weighted by molar-refractivity contribution is 6.34. The zero-order chi connectivity index (χ0) is 19.2. The third-order valence-corrected chi connectivity index (χ3v) is 8.00. The lowest BCUT2D eigenvalue weighted by Gasteiger charge is -2.44. The van der Waals surface area contributed by atoms with Crippen molar-refractivity contribution in [2.24, 2.45) is 23.7 Å². The molecule has 0 aliphatic heterocycles. The number of esters is 1. The van der Waals surface area contributed by atoms with Crippen molar-refractivity contribution in [3.05, 3.63) is 48.0 Å². The highest BCUT2D eigenvalue weighted by Crippen LogP contribution is 2.52. The summed E-state index contributed by atoms with van der Waals surface area (Å²) in [7, 11) is 0. The van der Waals surface area contributed by atoms with Crippen LogP contribution < -0.4 is 0 Å². The van der Waals surface area contributed by atoms with E-state index in [9.17, 15) is 4.79 Å². The Labute approximate surface area is 168 Å². The lowest BCUT2D eigenvalue weighted by atomic mass is 9.64. The molecule has 1 aromatic rings. The van der Waals surface area contributed by atoms with E-state index < -0.39 is 4.87 Å². The van der Waals surface area contributed by atoms with E-state index in [1.807, 2.05) is 0 Å². The molecule has 0 N–H and O–H groups in total. The Kier molecular flexibility index (Phi) is 4.91. The predicted molar refractivity (Wildman–Crippen MR) is 110 cm³/mol. The maximum atomic E-state index is 13.2. The number of hydrogen-bond acceptors (Lipinski definition) is 2. The fraction of sp³-hybridized carbons (Fsp3) is 0.625. The molecule has 1 aromatic carbocycles. The number of benzene rings is 1. The number of carbonyl (C=O) groups excluding carboxylic acids is 1. The molecular formula is C24H31ClO2. The summed E-state index contributed by atoms with van der Waals surface area (Å²) in [6.45, 7) is 6.85. The fourth-order valence-electron chi connectivity index (χ4n) is 5.63. The summed E-state index contributed by atoms with van der Waals surface area (Å²) in [5, 5.41) is 0. The monoisotopic (exact) mass is 386 g/mol. The summed E-state index contributed by atoms with van der Waals surface area (Å²) in [6.07, 6.45) is 9.21. The third-order valence-electron chi connectivity index (χ3n) is 7.42. The molecule has 4 rings (SSSR count). The van der Waals surface area contributed by atoms with E-state index in [1.165, 1.54) is 12.0 Å². The molecule has 2 bridgehead atoms. The summed E-state index contributed by atoms with van der Waals surface area (Å²) < 4.78 is 6.22. The second kappa shape index (κ2) is 6.95. The average molecular weight is 387 g/mol. The van der Waals surface area contributed by atoms with Crippen molar-refractivity contribution in [2.75, 3.05) is 0 Å². The first-order valence-electron chi connectivity index (χ1n) is 10.4. The van der Waals surface area contributed by atoms with Crippen molar-refractivity contribution < 1.29 is 9.53 Å². The van der Waals surface area contributed by atoms with Crippen molar-refractivity contribution in [2.45, 2.75) is 69.3 Å². The molecule has 3 aliphatic rings. The Morgan fingerprint density at radius 3 is 2.52 bits per heavy atom. The van der Waals surface area contributed by atoms with Gasteiger partial charge in [-0.3, -0.25) is 4.79 Å². The Hall–Kier alpha value is -1.28. The Balaban J connectivity index is 1.55. The van der Waals surface area contributed by atoms with Crippen molar-refractivity contribution in [1.29, 1.82) is 0 Å². The van der Waals surface area contributed by atoms with Crippen LogP contribution in [0.4, 0.5) is 0 Å². The largest absolute Gasteiger partial charge is 0.461 e. The first-order valence-corrected chi connectivity index (χ1v) is 10.8. The molecule has 0 spiro atoms. The van der Waals surface area contributed by atoms with Crippen LogP contribution in [0.2, 0.25) is 0 Å². The van der Waals surface area contributed by atoms with E-state index in [0.717, 1.165) is 25.7 Å². The average Bonchev–Trinajstić information content (AvgIpc) is 3.23. The summed E-state index contributed by atoms with van der Waals surface area (Å²) in [5.41, 5.74) is 1.27. The lowest BCUT2D eigenvalue weighted by molar-refractivity contribution is -0.160. The van der Waals surface area contributed by atoms with Crippen LogP contribution in [0.25, 0.3) is 0 Å². The molecule has 0 amide bonds. The van der Waals surface area contributed by atoms with E-state index in [-0.39, 0.29) is 23.4 Å². The van der Waals surface area contributed by atoms with E-state index >= 15 is 0 Å². The van der Waals surface area contributed by atoms with Gasteiger partial charge in [-0.15, -0.1) is 11.6 Å². The Morgan fingerprint density at radius 1 is 1.15 bits per heavy atom. The molecule has 0 heterocycles. The van der Waals surface area contributed by atoms with Gasteiger partial charge in [-0.1, -0.05) is 69.7 Å². The van der Waals surface area contributed by atoms with Gasteiger partial charge in [0.1, 0.15) is 11.0 Å². The van der Waals surface area contributed by atoms with E-state index in [1.54, 1.807) is 0 Å². The summed E-state index contributed by atoms with van der Waals surface area (Å²) in [5.74, 6) is 1.29. The maximum Gasteiger partial charge on any atom is 0.328 e. The SMILES string of the molecule is C[C@@H]1CC[C@@H](C(C)(C)c2ccccc2)C(OC(=O)[C@]2(Cl)C[C@H]3C=C[C@@H]2C3)C1. The zero-order valence-corrected chi connectivity index (χ0v) is 17.4. The molecule has 1 unspecified atom stereocenters. The molecule has 0 aromatic heterocycles. The molecule has 2 saturated carbocycles. The van der Waals surface area contributed by atoms with Crippen molar-refractivity contribution in [3.63, 3.8) is 0 Å². The minimum absolute atomic E-state index is 0.0413. The van der Waals surface area contributed by atoms with E-state index in [0.29, 0.717) is 17.8 Å². The smallest absolute Gasteiger partial charge is 0.328 e. The molecule has 3 heteroatoms. The van der Waals surface area contributed by atoms with Crippen molar-refractivity contribution in [1.82, 2.24) is 0 Å². The van der Waals surface area contributed by atoms with Crippen molar-refractivity contribution in [3.8, 4) is 0 Å². The van der Waals surface area contributed by atoms with Gasteiger partial charge in [0.15, 0.2) is 0 Å². The molecule has 2 nitrogen and oxygen atoms in total. The first-order chi connectivity index (χ1) is 12.8. The van der Waals surface area contributed by atoms with Gasteiger partial charge in [0.05, 0.1) is 0 Å². The van der Waals surface area contributed by atoms with Crippen LogP contribution in [0.15, 0.2) is 42.5 Å². The highest BCUT2D eigenvalue weighted by atomic mass is 35.5. The van der Waals surface area contributed by atoms with Crippen molar-refractivity contribution >= 4 is 17.6 Å². The number of ether oxygens (including phenoxy) is 1. The van der Waals surface area contributed by atoms with E-state index in [4.69, 9.17) is 16.3 Å². The summed E-state index contributed by atoms with van der Waals surface area (Å²) in [6, 6.07) is 10.6. The molecule has 6 atom stereocenters. The number of rotatable bonds is 4. The summed E-state index contributed by atoms with van der Waals surface area (Å²) >= 11 is 6.83. The van der Waals surface area contributed by atoms with Crippen LogP contribution in [0.1, 0.15) is 58.4 Å². The molecule has 3 aliphatic carbocycles. The van der Waals surface area contributed by atoms with Crippen LogP contribution in [0.3, 0.4) is 0 Å². The minimum atomic E-state index is -0.846. The number of fused-ring (bicyclic) bond motifs is 2. The molecule has 146 valence electrons. The Morgan fingerprint density at radius 2 is 1.89 bits per heavy atom. The third kappa shape index (κ3) is 3.35. The van der Waals surface area contributed by atoms with E-state index in [2.05, 4.69) is 63.3 Å². The molecule has 0 radical (unpaired) electrons. The molecule has 2 fully saturated rings. The molecular weight excluding hydrogens is 356 g/mol. The van der Waals surface area contributed by atoms with Gasteiger partial charge in [-0.2, -0.15) is 0 Å². The molecule has 0 saturated heterocycles. The maximum absolute atomic E-state index is 13.2. The first kappa shape index (κ1) is 19.1. The quantitative estimate of drug-likeness (QED) is 0.366. The van der Waals surface area contributed by atoms with Gasteiger partial charge in [0.25, 0.3) is 0 Å². The number of alkyl halides is 1. The molecule has 27 heavy (non-hydrogen) atoms. The number of allylic oxidation sites excluding steroid dienone is 2. The zero-order valence-electron chi connectivity index (χ0n) is 16.7. The Bertz CT molecular complexity index is 725. The van der Waals surface area contributed by atoms with Crippen LogP contribution in [0.5, 0.6) is 0 Å². The van der Waals surface area contributed by atoms with Gasteiger partial charge < -0.3 is 4.74 Å². The minimum Gasteiger partial charge on any atom is -0.461 e. The van der Waals surface area contributed by atoms with Gasteiger partial charge in [-0.05, 0) is 48.5 Å². The van der Waals surface area contributed by atoms with Crippen LogP contribution in [-0.2, 0) is 14.9 Å². The van der Waals surface area contributed by atoms with Crippen LogP contribution in [0, 0.1) is 23.7 Å². The van der Waals surface area contributed by atoms with Gasteiger partial charge >= 0.3 is 5.97 Å². The number of carbonyl (C=O) groups is 1. The standard InChI is InChI=1S/C24H31ClO2/c1-16-9-12-20(23(2,3)18-7-5-4-6-8-18)21(13-16)27-22(26)24(25)15-17-10-11-19(24)14-17/h4-8,10-11,16-17,19-21H,9,12-15H2,1-3H3/t16-,17+,19-,20-,21?,24+/m1/s1. The number of hydrogen-bond donors (Lipinski definition) is 0. The van der Waals surface area contributed by atoms with Gasteiger partial charge in [0.2, 0.25) is 0 Å². The highest BCUT2D eigenvalue weighted by Gasteiger charge is 2.55. The predicted octanol–water partition coefficient (Wildman–Crippen LogP) is 5.89. The number of halogens is 1.